The van der Waals surface area contributed by atoms with Crippen LogP contribution in [0.3, 0.4) is 0 Å². The van der Waals surface area contributed by atoms with Crippen LogP contribution in [0.25, 0.3) is 17.4 Å². The molecule has 9 nitrogen and oxygen atoms in total. The van der Waals surface area contributed by atoms with Crippen molar-refractivity contribution < 1.29 is 28.4 Å². The second kappa shape index (κ2) is 8.54. The number of halogens is 1. The van der Waals surface area contributed by atoms with Gasteiger partial charge in [0.25, 0.3) is 16.8 Å². The molecule has 1 fully saturated rings. The summed E-state index contributed by atoms with van der Waals surface area (Å²) < 4.78 is 16.4. The lowest BCUT2D eigenvalue weighted by molar-refractivity contribution is -0.384. The molecule has 11 heteroatoms. The fraction of sp³-hybridized carbons (Fsp3) is 0.130. The first kappa shape index (κ1) is 22.1. The molecule has 0 saturated carbocycles. The van der Waals surface area contributed by atoms with Gasteiger partial charge in [0.2, 0.25) is 6.79 Å². The molecule has 2 amide bonds. The number of rotatable bonds is 5. The van der Waals surface area contributed by atoms with Gasteiger partial charge in [0.1, 0.15) is 11.5 Å². The van der Waals surface area contributed by atoms with E-state index in [1.165, 1.54) is 12.1 Å². The summed E-state index contributed by atoms with van der Waals surface area (Å²) in [6.07, 6.45) is 1.44. The maximum absolute atomic E-state index is 12.9. The standard InChI is InChI=1S/C23H15ClN2O7S/c1-12-2-4-15(17(6-12)26(29)30)18-5-3-14(33-18)8-21-22(27)25(23(28)34-21)10-13-7-19-20(9-16(13)24)32-11-31-19/h2-9H,10-11H2,1H3/b21-8+. The molecule has 0 atom stereocenters. The van der Waals surface area contributed by atoms with Gasteiger partial charge in [-0.3, -0.25) is 24.6 Å². The average Bonchev–Trinajstić information content (AvgIpc) is 3.50. The van der Waals surface area contributed by atoms with Gasteiger partial charge >= 0.3 is 0 Å². The van der Waals surface area contributed by atoms with E-state index in [9.17, 15) is 19.7 Å². The zero-order valence-electron chi connectivity index (χ0n) is 17.6. The number of fused-ring (bicyclic) bond motifs is 1. The Morgan fingerprint density at radius 3 is 2.68 bits per heavy atom. The zero-order valence-corrected chi connectivity index (χ0v) is 19.1. The van der Waals surface area contributed by atoms with Crippen molar-refractivity contribution in [2.24, 2.45) is 0 Å². The molecule has 1 aromatic heterocycles. The quantitative estimate of drug-likeness (QED) is 0.247. The van der Waals surface area contributed by atoms with Gasteiger partial charge in [0.05, 0.1) is 21.9 Å². The van der Waals surface area contributed by atoms with Crippen molar-refractivity contribution in [1.29, 1.82) is 0 Å². The minimum absolute atomic E-state index is 0.0313. The largest absolute Gasteiger partial charge is 0.456 e. The van der Waals surface area contributed by atoms with Crippen LogP contribution in [0.1, 0.15) is 16.9 Å². The summed E-state index contributed by atoms with van der Waals surface area (Å²) in [5, 5.41) is 11.3. The first-order valence-electron chi connectivity index (χ1n) is 9.99. The third-order valence-corrected chi connectivity index (χ3v) is 6.52. The Bertz CT molecular complexity index is 1400. The summed E-state index contributed by atoms with van der Waals surface area (Å²) in [5.41, 5.74) is 1.53. The Morgan fingerprint density at radius 1 is 1.15 bits per heavy atom. The Kier molecular flexibility index (Phi) is 5.54. The molecule has 2 aliphatic rings. The van der Waals surface area contributed by atoms with E-state index in [1.54, 1.807) is 43.3 Å². The second-order valence-corrected chi connectivity index (χ2v) is 8.94. The highest BCUT2D eigenvalue weighted by molar-refractivity contribution is 8.18. The molecule has 0 aliphatic carbocycles. The summed E-state index contributed by atoms with van der Waals surface area (Å²) in [5.74, 6) is 1.07. The van der Waals surface area contributed by atoms with Crippen LogP contribution in [0.5, 0.6) is 11.5 Å². The highest BCUT2D eigenvalue weighted by Gasteiger charge is 2.36. The predicted octanol–water partition coefficient (Wildman–Crippen LogP) is 5.78. The van der Waals surface area contributed by atoms with E-state index < -0.39 is 16.1 Å². The van der Waals surface area contributed by atoms with Crippen molar-refractivity contribution in [3.8, 4) is 22.8 Å². The molecule has 0 radical (unpaired) electrons. The van der Waals surface area contributed by atoms with Crippen LogP contribution in [-0.4, -0.2) is 27.8 Å². The van der Waals surface area contributed by atoms with Crippen LogP contribution in [0.15, 0.2) is 51.8 Å². The lowest BCUT2D eigenvalue weighted by Crippen LogP contribution is -2.27. The van der Waals surface area contributed by atoms with E-state index in [-0.39, 0.29) is 35.5 Å². The van der Waals surface area contributed by atoms with E-state index in [2.05, 4.69) is 0 Å². The van der Waals surface area contributed by atoms with Crippen molar-refractivity contribution in [1.82, 2.24) is 4.90 Å². The number of nitro groups is 1. The topological polar surface area (TPSA) is 112 Å². The number of nitrogens with zero attached hydrogens (tertiary/aromatic N) is 2. The second-order valence-electron chi connectivity index (χ2n) is 7.54. The first-order valence-corrected chi connectivity index (χ1v) is 11.2. The monoisotopic (exact) mass is 498 g/mol. The summed E-state index contributed by atoms with van der Waals surface area (Å²) in [6.45, 7) is 1.81. The number of carbonyl (C=O) groups is 2. The van der Waals surface area contributed by atoms with Crippen LogP contribution in [0, 0.1) is 17.0 Å². The molecule has 1 saturated heterocycles. The maximum atomic E-state index is 12.9. The molecule has 2 aliphatic heterocycles. The van der Waals surface area contributed by atoms with Gasteiger partial charge < -0.3 is 13.9 Å². The Hall–Kier alpha value is -3.76. The Morgan fingerprint density at radius 2 is 1.91 bits per heavy atom. The van der Waals surface area contributed by atoms with Crippen LogP contribution in [-0.2, 0) is 11.3 Å². The molecule has 172 valence electrons. The maximum Gasteiger partial charge on any atom is 0.293 e. The molecule has 0 bridgehead atoms. The van der Waals surface area contributed by atoms with Gasteiger partial charge in [0.15, 0.2) is 11.5 Å². The molecule has 2 aromatic carbocycles. The molecule has 0 unspecified atom stereocenters. The van der Waals surface area contributed by atoms with Crippen molar-refractivity contribution in [2.75, 3.05) is 6.79 Å². The third kappa shape index (κ3) is 4.02. The molecule has 0 N–H and O–H groups in total. The zero-order chi connectivity index (χ0) is 24.0. The van der Waals surface area contributed by atoms with E-state index in [0.717, 1.165) is 22.2 Å². The summed E-state index contributed by atoms with van der Waals surface area (Å²) in [6, 6.07) is 11.2. The van der Waals surface area contributed by atoms with E-state index in [0.29, 0.717) is 27.6 Å². The summed E-state index contributed by atoms with van der Waals surface area (Å²) in [7, 11) is 0. The van der Waals surface area contributed by atoms with E-state index >= 15 is 0 Å². The number of benzene rings is 2. The average molecular weight is 499 g/mol. The summed E-state index contributed by atoms with van der Waals surface area (Å²) >= 11 is 7.06. The molecule has 0 spiro atoms. The van der Waals surface area contributed by atoms with Gasteiger partial charge in [-0.15, -0.1) is 0 Å². The normalized spacial score (nSPS) is 16.1. The van der Waals surface area contributed by atoms with Gasteiger partial charge in [-0.2, -0.15) is 0 Å². The number of hydrogen-bond acceptors (Lipinski definition) is 8. The fourth-order valence-electron chi connectivity index (χ4n) is 3.59. The first-order chi connectivity index (χ1) is 16.3. The van der Waals surface area contributed by atoms with Crippen LogP contribution in [0.4, 0.5) is 10.5 Å². The Labute approximate surface area is 202 Å². The third-order valence-electron chi connectivity index (χ3n) is 5.26. The number of carbonyl (C=O) groups excluding carboxylic acids is 2. The number of hydrogen-bond donors (Lipinski definition) is 0. The molecule has 5 rings (SSSR count). The van der Waals surface area contributed by atoms with Crippen molar-refractivity contribution in [3.63, 3.8) is 0 Å². The fourth-order valence-corrected chi connectivity index (χ4v) is 4.62. The number of nitro benzene ring substituents is 1. The number of amides is 2. The highest BCUT2D eigenvalue weighted by Crippen LogP contribution is 2.40. The Balaban J connectivity index is 1.38. The smallest absolute Gasteiger partial charge is 0.293 e. The molecular weight excluding hydrogens is 484 g/mol. The van der Waals surface area contributed by atoms with Crippen LogP contribution in [0.2, 0.25) is 5.02 Å². The molecular formula is C23H15ClN2O7S. The molecule has 34 heavy (non-hydrogen) atoms. The van der Waals surface area contributed by atoms with E-state index in [1.807, 2.05) is 0 Å². The SMILES string of the molecule is Cc1ccc(-c2ccc(/C=C3/SC(=O)N(Cc4cc5c(cc4Cl)OCO5)C3=O)o2)c([N+](=O)[O-])c1. The number of imide groups is 1. The van der Waals surface area contributed by atoms with Crippen molar-refractivity contribution in [2.45, 2.75) is 13.5 Å². The molecule has 3 heterocycles. The minimum Gasteiger partial charge on any atom is -0.456 e. The highest BCUT2D eigenvalue weighted by atomic mass is 35.5. The van der Waals surface area contributed by atoms with Crippen molar-refractivity contribution >= 4 is 46.3 Å². The summed E-state index contributed by atoms with van der Waals surface area (Å²) in [4.78, 5) is 37.6. The van der Waals surface area contributed by atoms with E-state index in [4.69, 9.17) is 25.5 Å². The van der Waals surface area contributed by atoms with Crippen LogP contribution < -0.4 is 9.47 Å². The number of thioether (sulfide) groups is 1. The van der Waals surface area contributed by atoms with Crippen molar-refractivity contribution in [3.05, 3.63) is 79.4 Å². The van der Waals surface area contributed by atoms with Gasteiger partial charge in [0, 0.05) is 23.2 Å². The van der Waals surface area contributed by atoms with Crippen LogP contribution >= 0.6 is 23.4 Å². The van der Waals surface area contributed by atoms with Gasteiger partial charge in [-0.1, -0.05) is 17.7 Å². The minimum atomic E-state index is -0.497. The lowest BCUT2D eigenvalue weighted by Gasteiger charge is -2.14. The lowest BCUT2D eigenvalue weighted by atomic mass is 10.1. The number of ether oxygens (including phenoxy) is 2. The van der Waals surface area contributed by atoms with Gasteiger partial charge in [-0.25, -0.2) is 0 Å². The predicted molar refractivity (Wildman–Crippen MR) is 125 cm³/mol. The molecule has 3 aromatic rings. The van der Waals surface area contributed by atoms with Gasteiger partial charge in [-0.05, 0) is 54.1 Å². The number of furan rings is 1. The number of aryl methyl sites for hydroxylation is 1.